The first-order valence-corrected chi connectivity index (χ1v) is 8.26. The first-order chi connectivity index (χ1) is 12.2. The largest absolute Gasteiger partial charge is 0.484 e. The van der Waals surface area contributed by atoms with E-state index in [1.807, 2.05) is 6.07 Å². The zero-order valence-electron chi connectivity index (χ0n) is 13.9. The summed E-state index contributed by atoms with van der Waals surface area (Å²) in [5, 5.41) is 4.82. The predicted molar refractivity (Wildman–Crippen MR) is 88.7 cm³/mol. The van der Waals surface area contributed by atoms with Crippen molar-refractivity contribution in [2.24, 2.45) is 0 Å². The number of ether oxygens (including phenoxy) is 2. The number of aryl methyl sites for hydroxylation is 1. The Balaban J connectivity index is 1.53. The lowest BCUT2D eigenvalue weighted by Crippen LogP contribution is -2.07. The normalized spacial score (nSPS) is 13.3. The van der Waals surface area contributed by atoms with Gasteiger partial charge in [0, 0.05) is 24.5 Å². The van der Waals surface area contributed by atoms with Crippen molar-refractivity contribution < 1.29 is 18.4 Å². The SMILES string of the molecule is COCCc1noc(COc2ccc3oc(=O)c4c(c3c2)CCC4)n1. The van der Waals surface area contributed by atoms with Gasteiger partial charge in [-0.2, -0.15) is 4.98 Å². The second kappa shape index (κ2) is 6.68. The smallest absolute Gasteiger partial charge is 0.339 e. The average molecular weight is 342 g/mol. The molecule has 2 heterocycles. The topological polar surface area (TPSA) is 87.6 Å². The van der Waals surface area contributed by atoms with Gasteiger partial charge < -0.3 is 18.4 Å². The minimum atomic E-state index is -0.219. The van der Waals surface area contributed by atoms with Crippen molar-refractivity contribution in [3.8, 4) is 5.75 Å². The summed E-state index contributed by atoms with van der Waals surface area (Å²) >= 11 is 0. The first kappa shape index (κ1) is 15.8. The van der Waals surface area contributed by atoms with Gasteiger partial charge in [0.25, 0.3) is 5.89 Å². The highest BCUT2D eigenvalue weighted by Gasteiger charge is 2.20. The molecule has 130 valence electrons. The van der Waals surface area contributed by atoms with Crippen LogP contribution in [0, 0.1) is 0 Å². The molecule has 7 nitrogen and oxygen atoms in total. The second-order valence-electron chi connectivity index (χ2n) is 5.99. The van der Waals surface area contributed by atoms with Gasteiger partial charge in [-0.1, -0.05) is 5.16 Å². The Morgan fingerprint density at radius 1 is 1.24 bits per heavy atom. The maximum atomic E-state index is 12.0. The van der Waals surface area contributed by atoms with Crippen molar-refractivity contribution in [1.82, 2.24) is 10.1 Å². The van der Waals surface area contributed by atoms with E-state index in [-0.39, 0.29) is 12.2 Å². The molecule has 0 atom stereocenters. The summed E-state index contributed by atoms with van der Waals surface area (Å²) in [4.78, 5) is 16.2. The Morgan fingerprint density at radius 3 is 3.00 bits per heavy atom. The molecule has 3 aromatic rings. The molecule has 1 aromatic carbocycles. The van der Waals surface area contributed by atoms with Gasteiger partial charge in [-0.05, 0) is 43.0 Å². The van der Waals surface area contributed by atoms with Crippen LogP contribution in [0.25, 0.3) is 11.0 Å². The third-order valence-corrected chi connectivity index (χ3v) is 4.35. The van der Waals surface area contributed by atoms with E-state index in [9.17, 15) is 4.79 Å². The highest BCUT2D eigenvalue weighted by molar-refractivity contribution is 5.83. The zero-order valence-corrected chi connectivity index (χ0v) is 13.9. The summed E-state index contributed by atoms with van der Waals surface area (Å²) in [6.07, 6.45) is 3.26. The van der Waals surface area contributed by atoms with E-state index in [0.29, 0.717) is 36.1 Å². The summed E-state index contributed by atoms with van der Waals surface area (Å²) < 4.78 is 21.3. The number of hydrogen-bond acceptors (Lipinski definition) is 7. The molecule has 0 bridgehead atoms. The maximum Gasteiger partial charge on any atom is 0.339 e. The quantitative estimate of drug-likeness (QED) is 0.636. The van der Waals surface area contributed by atoms with Crippen molar-refractivity contribution in [2.45, 2.75) is 32.3 Å². The van der Waals surface area contributed by atoms with Crippen LogP contribution < -0.4 is 10.4 Å². The van der Waals surface area contributed by atoms with E-state index in [0.717, 1.165) is 35.8 Å². The highest BCUT2D eigenvalue weighted by Crippen LogP contribution is 2.30. The molecule has 0 radical (unpaired) electrons. The van der Waals surface area contributed by atoms with Crippen LogP contribution in [0.1, 0.15) is 29.3 Å². The summed E-state index contributed by atoms with van der Waals surface area (Å²) in [7, 11) is 1.63. The van der Waals surface area contributed by atoms with Crippen molar-refractivity contribution in [1.29, 1.82) is 0 Å². The molecule has 25 heavy (non-hydrogen) atoms. The Hall–Kier alpha value is -2.67. The number of fused-ring (bicyclic) bond motifs is 3. The van der Waals surface area contributed by atoms with Gasteiger partial charge in [0.05, 0.1) is 6.61 Å². The number of benzene rings is 1. The Kier molecular flexibility index (Phi) is 4.23. The van der Waals surface area contributed by atoms with Crippen LogP contribution >= 0.6 is 0 Å². The Labute approximate surface area is 143 Å². The minimum Gasteiger partial charge on any atom is -0.484 e. The van der Waals surface area contributed by atoms with E-state index in [4.69, 9.17) is 18.4 Å². The molecule has 7 heteroatoms. The summed E-state index contributed by atoms with van der Waals surface area (Å²) in [5.74, 6) is 1.68. The fraction of sp³-hybridized carbons (Fsp3) is 0.389. The lowest BCUT2D eigenvalue weighted by molar-refractivity contribution is 0.199. The predicted octanol–water partition coefficient (Wildman–Crippen LogP) is 2.43. The van der Waals surface area contributed by atoms with Crippen molar-refractivity contribution in [3.63, 3.8) is 0 Å². The molecule has 0 unspecified atom stereocenters. The molecule has 1 aliphatic carbocycles. The fourth-order valence-corrected chi connectivity index (χ4v) is 3.14. The van der Waals surface area contributed by atoms with E-state index >= 15 is 0 Å². The highest BCUT2D eigenvalue weighted by atomic mass is 16.5. The molecular formula is C18H18N2O5. The molecule has 4 rings (SSSR count). The molecule has 0 amide bonds. The Morgan fingerprint density at radius 2 is 2.12 bits per heavy atom. The monoisotopic (exact) mass is 342 g/mol. The first-order valence-electron chi connectivity index (χ1n) is 8.26. The van der Waals surface area contributed by atoms with Gasteiger partial charge in [0.1, 0.15) is 11.3 Å². The summed E-state index contributed by atoms with van der Waals surface area (Å²) in [6, 6.07) is 5.45. The lowest BCUT2D eigenvalue weighted by Gasteiger charge is -2.07. The van der Waals surface area contributed by atoms with Gasteiger partial charge in [-0.3, -0.25) is 0 Å². The van der Waals surface area contributed by atoms with Crippen molar-refractivity contribution >= 4 is 11.0 Å². The standard InChI is InChI=1S/C18H18N2O5/c1-22-8-7-16-19-17(25-20-16)10-23-11-5-6-15-14(9-11)12-3-2-4-13(12)18(21)24-15/h5-6,9H,2-4,7-8,10H2,1H3. The lowest BCUT2D eigenvalue weighted by atomic mass is 10.1. The molecule has 0 spiro atoms. The van der Waals surface area contributed by atoms with Crippen LogP contribution in [0.15, 0.2) is 31.9 Å². The summed E-state index contributed by atoms with van der Waals surface area (Å²) in [5.41, 5.74) is 2.25. The number of rotatable bonds is 6. The Bertz CT molecular complexity index is 960. The third-order valence-electron chi connectivity index (χ3n) is 4.35. The maximum absolute atomic E-state index is 12.0. The molecule has 1 aliphatic rings. The van der Waals surface area contributed by atoms with E-state index < -0.39 is 0 Å². The van der Waals surface area contributed by atoms with Crippen LogP contribution in [0.3, 0.4) is 0 Å². The van der Waals surface area contributed by atoms with E-state index in [2.05, 4.69) is 10.1 Å². The molecular weight excluding hydrogens is 324 g/mol. The second-order valence-corrected chi connectivity index (χ2v) is 5.99. The minimum absolute atomic E-state index is 0.185. The van der Waals surface area contributed by atoms with Gasteiger partial charge >= 0.3 is 5.63 Å². The number of methoxy groups -OCH3 is 1. The van der Waals surface area contributed by atoms with Gasteiger partial charge in [-0.15, -0.1) is 0 Å². The molecule has 0 aliphatic heterocycles. The van der Waals surface area contributed by atoms with Crippen LogP contribution in [0.4, 0.5) is 0 Å². The van der Waals surface area contributed by atoms with Crippen LogP contribution in [-0.2, 0) is 30.6 Å². The summed E-state index contributed by atoms with van der Waals surface area (Å²) in [6.45, 7) is 0.727. The number of hydrogen-bond donors (Lipinski definition) is 0. The van der Waals surface area contributed by atoms with E-state index in [1.165, 1.54) is 0 Å². The molecule has 0 saturated heterocycles. The van der Waals surface area contributed by atoms with Crippen molar-refractivity contribution in [3.05, 3.63) is 51.5 Å². The molecule has 0 saturated carbocycles. The zero-order chi connectivity index (χ0) is 17.2. The van der Waals surface area contributed by atoms with Crippen LogP contribution in [0.5, 0.6) is 5.75 Å². The fourth-order valence-electron chi connectivity index (χ4n) is 3.14. The van der Waals surface area contributed by atoms with Crippen LogP contribution in [-0.4, -0.2) is 23.9 Å². The third kappa shape index (κ3) is 3.15. The van der Waals surface area contributed by atoms with Gasteiger partial charge in [0.2, 0.25) is 0 Å². The number of nitrogens with zero attached hydrogens (tertiary/aromatic N) is 2. The molecule has 0 N–H and O–H groups in total. The molecule has 0 fully saturated rings. The molecule has 2 aromatic heterocycles. The van der Waals surface area contributed by atoms with Gasteiger partial charge in [-0.25, -0.2) is 4.79 Å². The van der Waals surface area contributed by atoms with Crippen molar-refractivity contribution in [2.75, 3.05) is 13.7 Å². The van der Waals surface area contributed by atoms with E-state index in [1.54, 1.807) is 19.2 Å². The van der Waals surface area contributed by atoms with Gasteiger partial charge in [0.15, 0.2) is 12.4 Å². The number of aromatic nitrogens is 2. The average Bonchev–Trinajstić information content (AvgIpc) is 3.28. The van der Waals surface area contributed by atoms with Crippen LogP contribution in [0.2, 0.25) is 0 Å².